The lowest BCUT2D eigenvalue weighted by Gasteiger charge is -2.32. The topological polar surface area (TPSA) is 66.5 Å². The molecule has 1 heterocycles. The minimum absolute atomic E-state index is 0.00861. The highest BCUT2D eigenvalue weighted by atomic mass is 32.2. The lowest BCUT2D eigenvalue weighted by molar-refractivity contribution is 0.198. The van der Waals surface area contributed by atoms with Crippen LogP contribution in [-0.4, -0.2) is 38.2 Å². The summed E-state index contributed by atoms with van der Waals surface area (Å²) in [5.41, 5.74) is 1.74. The Morgan fingerprint density at radius 3 is 2.33 bits per heavy atom. The van der Waals surface area contributed by atoms with Crippen molar-refractivity contribution < 1.29 is 13.2 Å². The van der Waals surface area contributed by atoms with Gasteiger partial charge in [0.25, 0.3) is 0 Å². The van der Waals surface area contributed by atoms with Crippen molar-refractivity contribution in [3.8, 4) is 0 Å². The second-order valence-electron chi connectivity index (χ2n) is 5.86. The molecule has 2 aromatic rings. The minimum Gasteiger partial charge on any atom is -0.334 e. The summed E-state index contributed by atoms with van der Waals surface area (Å²) in [6.45, 7) is 0.845. The van der Waals surface area contributed by atoms with E-state index >= 15 is 0 Å². The first-order chi connectivity index (χ1) is 11.6. The van der Waals surface area contributed by atoms with Crippen molar-refractivity contribution in [1.29, 1.82) is 0 Å². The quantitative estimate of drug-likeness (QED) is 0.929. The molecule has 1 aliphatic rings. The van der Waals surface area contributed by atoms with Gasteiger partial charge in [-0.25, -0.2) is 13.2 Å². The third-order valence-electron chi connectivity index (χ3n) is 4.21. The number of hydrogen-bond acceptors (Lipinski definition) is 3. The summed E-state index contributed by atoms with van der Waals surface area (Å²) in [7, 11) is -3.23. The van der Waals surface area contributed by atoms with Gasteiger partial charge in [-0.3, -0.25) is 0 Å². The van der Waals surface area contributed by atoms with E-state index in [9.17, 15) is 13.2 Å². The first kappa shape index (κ1) is 16.5. The number of rotatable bonds is 3. The van der Waals surface area contributed by atoms with Gasteiger partial charge in [0, 0.05) is 19.6 Å². The van der Waals surface area contributed by atoms with E-state index in [1.807, 2.05) is 48.5 Å². The predicted molar refractivity (Wildman–Crippen MR) is 93.2 cm³/mol. The van der Waals surface area contributed by atoms with Gasteiger partial charge in [0.2, 0.25) is 0 Å². The highest BCUT2D eigenvalue weighted by Gasteiger charge is 2.35. The molecule has 2 amide bonds. The van der Waals surface area contributed by atoms with Crippen LogP contribution in [0.1, 0.15) is 16.4 Å². The monoisotopic (exact) mass is 344 g/mol. The van der Waals surface area contributed by atoms with Crippen LogP contribution in [0.15, 0.2) is 60.7 Å². The molecule has 1 saturated heterocycles. The van der Waals surface area contributed by atoms with Crippen molar-refractivity contribution in [2.45, 2.75) is 11.8 Å². The van der Waals surface area contributed by atoms with E-state index in [4.69, 9.17) is 0 Å². The highest BCUT2D eigenvalue weighted by molar-refractivity contribution is 7.91. The zero-order valence-electron chi connectivity index (χ0n) is 13.3. The second kappa shape index (κ2) is 7.05. The molecule has 3 rings (SSSR count). The Bertz CT molecular complexity index is 792. The van der Waals surface area contributed by atoms with E-state index in [1.54, 1.807) is 17.0 Å². The standard InChI is InChI=1S/C18H20N2O3S/c21-18(19-13-15-7-3-1-4-8-15)20-11-12-24(22,23)17(14-20)16-9-5-2-6-10-16/h1-10,17H,11-14H2,(H,19,21). The summed E-state index contributed by atoms with van der Waals surface area (Å²) in [4.78, 5) is 14.0. The van der Waals surface area contributed by atoms with Crippen molar-refractivity contribution in [3.05, 3.63) is 71.8 Å². The van der Waals surface area contributed by atoms with E-state index in [2.05, 4.69) is 5.32 Å². The van der Waals surface area contributed by atoms with Crippen LogP contribution >= 0.6 is 0 Å². The Morgan fingerprint density at radius 2 is 1.67 bits per heavy atom. The maximum atomic E-state index is 12.4. The molecule has 126 valence electrons. The van der Waals surface area contributed by atoms with Gasteiger partial charge in [-0.05, 0) is 11.1 Å². The third kappa shape index (κ3) is 3.76. The van der Waals surface area contributed by atoms with Gasteiger partial charge in [0.15, 0.2) is 9.84 Å². The van der Waals surface area contributed by atoms with Gasteiger partial charge < -0.3 is 10.2 Å². The van der Waals surface area contributed by atoms with Gasteiger partial charge in [0.1, 0.15) is 5.25 Å². The summed E-state index contributed by atoms with van der Waals surface area (Å²) in [6.07, 6.45) is 0. The van der Waals surface area contributed by atoms with Crippen molar-refractivity contribution in [1.82, 2.24) is 10.2 Å². The molecule has 1 unspecified atom stereocenters. The summed E-state index contributed by atoms with van der Waals surface area (Å²) in [6, 6.07) is 18.5. The normalized spacial score (nSPS) is 19.7. The smallest absolute Gasteiger partial charge is 0.317 e. The average Bonchev–Trinajstić information content (AvgIpc) is 2.61. The van der Waals surface area contributed by atoms with E-state index in [0.717, 1.165) is 11.1 Å². The number of hydrogen-bond donors (Lipinski definition) is 1. The number of nitrogens with zero attached hydrogens (tertiary/aromatic N) is 1. The molecule has 2 aromatic carbocycles. The summed E-state index contributed by atoms with van der Waals surface area (Å²) in [5.74, 6) is -0.00861. The number of benzene rings is 2. The molecule has 0 spiro atoms. The van der Waals surface area contributed by atoms with E-state index in [0.29, 0.717) is 6.54 Å². The van der Waals surface area contributed by atoms with Crippen LogP contribution in [0.25, 0.3) is 0 Å². The molecule has 0 saturated carbocycles. The fraction of sp³-hybridized carbons (Fsp3) is 0.278. The van der Waals surface area contributed by atoms with E-state index in [1.165, 1.54) is 0 Å². The number of carbonyl (C=O) groups is 1. The molecule has 1 atom stereocenters. The van der Waals surface area contributed by atoms with Gasteiger partial charge in [-0.1, -0.05) is 60.7 Å². The molecule has 0 aliphatic carbocycles. The second-order valence-corrected chi connectivity index (χ2v) is 8.16. The molecular formula is C18H20N2O3S. The number of carbonyl (C=O) groups excluding carboxylic acids is 1. The van der Waals surface area contributed by atoms with Gasteiger partial charge >= 0.3 is 6.03 Å². The van der Waals surface area contributed by atoms with Gasteiger partial charge in [-0.2, -0.15) is 0 Å². The number of nitrogens with one attached hydrogen (secondary N) is 1. The van der Waals surface area contributed by atoms with Crippen molar-refractivity contribution in [2.75, 3.05) is 18.8 Å². The Balaban J connectivity index is 1.68. The molecule has 5 nitrogen and oxygen atoms in total. The zero-order chi connectivity index (χ0) is 17.0. The average molecular weight is 344 g/mol. The molecule has 0 bridgehead atoms. The maximum Gasteiger partial charge on any atom is 0.317 e. The Hall–Kier alpha value is -2.34. The fourth-order valence-electron chi connectivity index (χ4n) is 2.83. The molecule has 6 heteroatoms. The number of sulfone groups is 1. The van der Waals surface area contributed by atoms with Crippen molar-refractivity contribution in [2.24, 2.45) is 0 Å². The van der Waals surface area contributed by atoms with Crippen LogP contribution in [0.5, 0.6) is 0 Å². The number of amides is 2. The van der Waals surface area contributed by atoms with E-state index in [-0.39, 0.29) is 24.9 Å². The molecule has 1 aliphatic heterocycles. The van der Waals surface area contributed by atoms with Crippen LogP contribution in [0, 0.1) is 0 Å². The largest absolute Gasteiger partial charge is 0.334 e. The summed E-state index contributed by atoms with van der Waals surface area (Å²) in [5, 5.41) is 2.20. The molecule has 24 heavy (non-hydrogen) atoms. The van der Waals surface area contributed by atoms with Crippen molar-refractivity contribution in [3.63, 3.8) is 0 Å². The predicted octanol–water partition coefficient (Wildman–Crippen LogP) is 2.37. The van der Waals surface area contributed by atoms with Gasteiger partial charge in [-0.15, -0.1) is 0 Å². The molecule has 1 fully saturated rings. The SMILES string of the molecule is O=C(NCc1ccccc1)N1CCS(=O)(=O)C(c2ccccc2)C1. The van der Waals surface area contributed by atoms with Crippen LogP contribution in [0.3, 0.4) is 0 Å². The van der Waals surface area contributed by atoms with Crippen molar-refractivity contribution >= 4 is 15.9 Å². The third-order valence-corrected chi connectivity index (χ3v) is 6.25. The fourth-order valence-corrected chi connectivity index (χ4v) is 4.57. The zero-order valence-corrected chi connectivity index (χ0v) is 14.1. The summed E-state index contributed by atoms with van der Waals surface area (Å²) < 4.78 is 24.7. The Labute approximate surface area is 142 Å². The first-order valence-electron chi connectivity index (χ1n) is 7.89. The molecule has 0 aromatic heterocycles. The highest BCUT2D eigenvalue weighted by Crippen LogP contribution is 2.27. The lowest BCUT2D eigenvalue weighted by Crippen LogP contribution is -2.49. The van der Waals surface area contributed by atoms with Crippen LogP contribution in [-0.2, 0) is 16.4 Å². The van der Waals surface area contributed by atoms with E-state index < -0.39 is 15.1 Å². The molecular weight excluding hydrogens is 324 g/mol. The van der Waals surface area contributed by atoms with Crippen LogP contribution in [0.2, 0.25) is 0 Å². The Kier molecular flexibility index (Phi) is 4.85. The first-order valence-corrected chi connectivity index (χ1v) is 9.61. The minimum atomic E-state index is -3.23. The Morgan fingerprint density at radius 1 is 1.04 bits per heavy atom. The maximum absolute atomic E-state index is 12.4. The van der Waals surface area contributed by atoms with Gasteiger partial charge in [0.05, 0.1) is 5.75 Å². The summed E-state index contributed by atoms with van der Waals surface area (Å²) >= 11 is 0. The van der Waals surface area contributed by atoms with Crippen LogP contribution < -0.4 is 5.32 Å². The molecule has 1 N–H and O–H groups in total. The number of urea groups is 1. The lowest BCUT2D eigenvalue weighted by atomic mass is 10.1. The van der Waals surface area contributed by atoms with Crippen LogP contribution in [0.4, 0.5) is 4.79 Å². The molecule has 0 radical (unpaired) electrons.